The first kappa shape index (κ1) is 14.2. The van der Waals surface area contributed by atoms with Gasteiger partial charge in [0, 0.05) is 13.0 Å². The third-order valence-corrected chi connectivity index (χ3v) is 4.34. The van der Waals surface area contributed by atoms with Gasteiger partial charge in [-0.15, -0.1) is 11.6 Å². The average Bonchev–Trinajstić information content (AvgIpc) is 2.67. The summed E-state index contributed by atoms with van der Waals surface area (Å²) in [5.74, 6) is -1.77. The van der Waals surface area contributed by atoms with Crippen LogP contribution >= 0.6 is 11.6 Å². The first-order valence-electron chi connectivity index (χ1n) is 5.14. The summed E-state index contributed by atoms with van der Waals surface area (Å²) in [6, 6.07) is -1.15. The zero-order valence-electron chi connectivity index (χ0n) is 9.07. The topological polar surface area (TPSA) is 21.3 Å². The van der Waals surface area contributed by atoms with Crippen molar-refractivity contribution in [3.05, 3.63) is 0 Å². The fourth-order valence-electron chi connectivity index (χ4n) is 2.93. The van der Waals surface area contributed by atoms with Crippen LogP contribution in [0, 0.1) is 5.92 Å². The van der Waals surface area contributed by atoms with Crippen LogP contribution in [0.15, 0.2) is 0 Å². The van der Waals surface area contributed by atoms with Gasteiger partial charge in [-0.25, -0.2) is 0 Å². The number of nitrogens with one attached hydrogen (secondary N) is 1. The molecule has 9 heteroatoms. The first-order valence-corrected chi connectivity index (χ1v) is 5.58. The number of alkyl halides is 7. The van der Waals surface area contributed by atoms with Crippen LogP contribution in [-0.2, 0) is 4.74 Å². The van der Waals surface area contributed by atoms with E-state index < -0.39 is 41.3 Å². The fourth-order valence-corrected chi connectivity index (χ4v) is 3.45. The molecule has 0 spiro atoms. The van der Waals surface area contributed by atoms with Crippen molar-refractivity contribution < 1.29 is 31.1 Å². The van der Waals surface area contributed by atoms with Crippen LogP contribution in [0.3, 0.4) is 0 Å². The fraction of sp³-hybridized carbons (Fsp3) is 1.00. The van der Waals surface area contributed by atoms with Crippen molar-refractivity contribution in [1.29, 1.82) is 0 Å². The molecule has 0 aromatic rings. The number of rotatable bonds is 1. The maximum Gasteiger partial charge on any atom is 0.415 e. The van der Waals surface area contributed by atoms with Gasteiger partial charge in [-0.05, 0) is 6.42 Å². The highest BCUT2D eigenvalue weighted by molar-refractivity contribution is 6.22. The van der Waals surface area contributed by atoms with Gasteiger partial charge in [0.25, 0.3) is 0 Å². The third kappa shape index (κ3) is 1.58. The Balaban J connectivity index is 2.44. The van der Waals surface area contributed by atoms with Crippen molar-refractivity contribution >= 4 is 11.6 Å². The smallest absolute Gasteiger partial charge is 0.380 e. The quantitative estimate of drug-likeness (QED) is 0.593. The number of halogens is 7. The lowest BCUT2D eigenvalue weighted by Crippen LogP contribution is -2.70. The Hall–Kier alpha value is -0.210. The Kier molecular flexibility index (Phi) is 3.07. The Morgan fingerprint density at radius 1 is 1.17 bits per heavy atom. The number of ether oxygens (including phenoxy) is 1. The van der Waals surface area contributed by atoms with Gasteiger partial charge in [0.15, 0.2) is 0 Å². The lowest BCUT2D eigenvalue weighted by Gasteiger charge is -2.42. The number of hydrogen-bond donors (Lipinski definition) is 1. The Bertz CT molecular complexity index is 329. The van der Waals surface area contributed by atoms with Gasteiger partial charge in [-0.1, -0.05) is 0 Å². The summed E-state index contributed by atoms with van der Waals surface area (Å²) in [7, 11) is 1.24. The van der Waals surface area contributed by atoms with Crippen molar-refractivity contribution in [1.82, 2.24) is 5.32 Å². The van der Waals surface area contributed by atoms with Gasteiger partial charge in [0.1, 0.15) is 0 Å². The molecule has 1 saturated heterocycles. The average molecular weight is 298 g/mol. The monoisotopic (exact) mass is 297 g/mol. The second kappa shape index (κ2) is 3.89. The van der Waals surface area contributed by atoms with Crippen molar-refractivity contribution in [2.24, 2.45) is 5.92 Å². The Morgan fingerprint density at radius 2 is 1.67 bits per heavy atom. The summed E-state index contributed by atoms with van der Waals surface area (Å²) in [5.41, 5.74) is -3.92. The van der Waals surface area contributed by atoms with Crippen LogP contribution in [-0.4, -0.2) is 42.5 Å². The van der Waals surface area contributed by atoms with Crippen molar-refractivity contribution in [2.45, 2.75) is 41.8 Å². The molecule has 1 heterocycles. The number of fused-ring (bicyclic) bond motifs is 2. The van der Waals surface area contributed by atoms with Gasteiger partial charge in [0.2, 0.25) is 5.54 Å². The van der Waals surface area contributed by atoms with E-state index in [1.807, 2.05) is 0 Å². The van der Waals surface area contributed by atoms with Crippen LogP contribution in [0.1, 0.15) is 6.42 Å². The van der Waals surface area contributed by atoms with Crippen LogP contribution in [0.25, 0.3) is 0 Å². The van der Waals surface area contributed by atoms with Crippen LogP contribution in [0.5, 0.6) is 0 Å². The molecule has 106 valence electrons. The maximum atomic E-state index is 12.9. The molecule has 1 aliphatic heterocycles. The summed E-state index contributed by atoms with van der Waals surface area (Å²) in [6.07, 6.45) is -12.0. The van der Waals surface area contributed by atoms with E-state index in [1.54, 1.807) is 5.32 Å². The van der Waals surface area contributed by atoms with E-state index in [2.05, 4.69) is 0 Å². The summed E-state index contributed by atoms with van der Waals surface area (Å²) in [5, 5.41) is 0.376. The predicted molar refractivity (Wildman–Crippen MR) is 50.3 cm³/mol. The van der Waals surface area contributed by atoms with Crippen molar-refractivity contribution in [3.8, 4) is 0 Å². The van der Waals surface area contributed by atoms with E-state index in [4.69, 9.17) is 16.3 Å². The van der Waals surface area contributed by atoms with Gasteiger partial charge >= 0.3 is 12.4 Å². The van der Waals surface area contributed by atoms with Gasteiger partial charge < -0.3 is 4.74 Å². The van der Waals surface area contributed by atoms with Crippen LogP contribution < -0.4 is 5.32 Å². The molecule has 2 aliphatic rings. The molecule has 0 aromatic carbocycles. The van der Waals surface area contributed by atoms with Crippen LogP contribution in [0.2, 0.25) is 0 Å². The molecule has 0 amide bonds. The highest BCUT2D eigenvalue weighted by atomic mass is 35.5. The number of methoxy groups -OCH3 is 1. The van der Waals surface area contributed by atoms with Gasteiger partial charge in [0.05, 0.1) is 17.5 Å². The molecule has 1 aliphatic carbocycles. The molecule has 2 rings (SSSR count). The molecular weight excluding hydrogens is 288 g/mol. The largest absolute Gasteiger partial charge is 0.415 e. The third-order valence-electron chi connectivity index (χ3n) is 3.76. The maximum absolute atomic E-state index is 12.9. The Labute approximate surface area is 104 Å². The summed E-state index contributed by atoms with van der Waals surface area (Å²) in [4.78, 5) is 0. The number of hydrogen-bond acceptors (Lipinski definition) is 2. The minimum atomic E-state index is -5.45. The van der Waals surface area contributed by atoms with Crippen molar-refractivity contribution in [3.63, 3.8) is 0 Å². The van der Waals surface area contributed by atoms with E-state index in [0.717, 1.165) is 0 Å². The molecule has 0 aromatic heterocycles. The second-order valence-corrected chi connectivity index (χ2v) is 5.04. The molecule has 2 nitrogen and oxygen atoms in total. The molecule has 18 heavy (non-hydrogen) atoms. The standard InChI is InChI=1S/C9H10ClF6NO/c1-18-4-2-3-5(10)6(4)17-7(3,8(11,12)13)9(14,15)16/h3-6,17H,2H2,1H3/t3-,4-,5+,6-/m0/s1. The normalized spacial score (nSPS) is 39.3. The van der Waals surface area contributed by atoms with Crippen molar-refractivity contribution in [2.75, 3.05) is 7.11 Å². The zero-order valence-corrected chi connectivity index (χ0v) is 9.83. The Morgan fingerprint density at radius 3 is 1.94 bits per heavy atom. The van der Waals surface area contributed by atoms with E-state index in [1.165, 1.54) is 7.11 Å². The summed E-state index contributed by atoms with van der Waals surface area (Å²) < 4.78 is 82.2. The molecule has 4 atom stereocenters. The molecular formula is C9H10ClF6NO. The minimum absolute atomic E-state index is 0.360. The number of piperidine rings is 1. The van der Waals surface area contributed by atoms with Gasteiger partial charge in [-0.3, -0.25) is 5.32 Å². The van der Waals surface area contributed by atoms with Crippen LogP contribution in [0.4, 0.5) is 26.3 Å². The lowest BCUT2D eigenvalue weighted by atomic mass is 9.82. The molecule has 0 radical (unpaired) electrons. The van der Waals surface area contributed by atoms with E-state index in [9.17, 15) is 26.3 Å². The second-order valence-electron chi connectivity index (χ2n) is 4.53. The lowest BCUT2D eigenvalue weighted by molar-refractivity contribution is -0.321. The highest BCUT2D eigenvalue weighted by Crippen LogP contribution is 2.58. The SMILES string of the molecule is CO[C@H]1C[C@H]2[C@@H](Cl)[C@H]1NC2(C(F)(F)F)C(F)(F)F. The molecule has 1 saturated carbocycles. The minimum Gasteiger partial charge on any atom is -0.380 e. The molecule has 0 unspecified atom stereocenters. The predicted octanol–water partition coefficient (Wildman–Crippen LogP) is 2.46. The van der Waals surface area contributed by atoms with Gasteiger partial charge in [-0.2, -0.15) is 26.3 Å². The zero-order chi connectivity index (χ0) is 13.9. The molecule has 2 fully saturated rings. The summed E-state index contributed by atoms with van der Waals surface area (Å²) in [6.45, 7) is 0. The molecule has 2 bridgehead atoms. The first-order chi connectivity index (χ1) is 8.06. The highest BCUT2D eigenvalue weighted by Gasteiger charge is 2.81. The van der Waals surface area contributed by atoms with E-state index in [0.29, 0.717) is 0 Å². The molecule has 1 N–H and O–H groups in total. The summed E-state index contributed by atoms with van der Waals surface area (Å²) >= 11 is 5.70. The van der Waals surface area contributed by atoms with E-state index >= 15 is 0 Å². The van der Waals surface area contributed by atoms with E-state index in [-0.39, 0.29) is 6.42 Å².